The SMILES string of the molecule is O=c1c2ccc3c4ccc5c(=O)n6c7cc(C(F)(F)F)cc(C(F)(F)F)c7nc6c6ccc(c7ccc(c2c37)c2nc3c(C(F)(F)F)cc(C(F)(F)F)cc3n12)c4c56. The maximum absolute atomic E-state index is 14.2. The predicted molar refractivity (Wildman–Crippen MR) is 190 cm³/mol. The first-order chi connectivity index (χ1) is 27.1. The van der Waals surface area contributed by atoms with Crippen molar-refractivity contribution in [2.24, 2.45) is 0 Å². The van der Waals surface area contributed by atoms with E-state index in [9.17, 15) is 62.3 Å². The fourth-order valence-electron chi connectivity index (χ4n) is 8.75. The van der Waals surface area contributed by atoms with Gasteiger partial charge in [-0.2, -0.15) is 52.7 Å². The van der Waals surface area contributed by atoms with E-state index in [0.717, 1.165) is 8.80 Å². The van der Waals surface area contributed by atoms with Crippen LogP contribution in [0.25, 0.3) is 98.0 Å². The Bertz CT molecular complexity index is 3520. The molecule has 0 radical (unpaired) electrons. The third-order valence-electron chi connectivity index (χ3n) is 11.0. The molecule has 11 rings (SSSR count). The lowest BCUT2D eigenvalue weighted by molar-refractivity contribution is -0.143. The highest BCUT2D eigenvalue weighted by atomic mass is 19.4. The smallest absolute Gasteiger partial charge is 0.268 e. The largest absolute Gasteiger partial charge is 0.418 e. The molecule has 288 valence electrons. The number of benzene rings is 7. The van der Waals surface area contributed by atoms with E-state index >= 15 is 0 Å². The van der Waals surface area contributed by atoms with Crippen molar-refractivity contribution in [3.8, 4) is 0 Å². The van der Waals surface area contributed by atoms with Crippen molar-refractivity contribution >= 4 is 98.0 Å². The second-order valence-corrected chi connectivity index (χ2v) is 14.1. The summed E-state index contributed by atoms with van der Waals surface area (Å²) in [6.07, 6.45) is -20.9. The molecule has 0 spiro atoms. The molecule has 18 heteroatoms. The summed E-state index contributed by atoms with van der Waals surface area (Å²) in [5, 5.41) is 3.35. The molecular weight excluding hydrogens is 796 g/mol. The number of nitrogens with zero attached hydrogens (tertiary/aromatic N) is 4. The number of rotatable bonds is 0. The molecule has 0 saturated heterocycles. The van der Waals surface area contributed by atoms with Crippen LogP contribution < -0.4 is 11.1 Å². The van der Waals surface area contributed by atoms with Crippen LogP contribution in [0.1, 0.15) is 22.3 Å². The van der Waals surface area contributed by atoms with Crippen molar-refractivity contribution in [1.29, 1.82) is 0 Å². The molecule has 7 aromatic carbocycles. The van der Waals surface area contributed by atoms with Crippen molar-refractivity contribution in [3.05, 3.63) is 116 Å². The standard InChI is InChI=1S/C40H12F12N4O2/c41-37(42,43)13-9-23(39(47,48)49)31-25(11-13)55-33(53-31)19-5-1-15-16-2-6-20-30-22(8-4-18(28(16)30)17-3-7-21(35(55)57)29(19)27(15)17)36(58)56-26-12-14(38(44,45)46)10-24(40(50,51)52)32(26)54-34(20)56/h1-12H. The quantitative estimate of drug-likeness (QED) is 0.0869. The first-order valence-corrected chi connectivity index (χ1v) is 16.9. The third kappa shape index (κ3) is 4.20. The van der Waals surface area contributed by atoms with E-state index in [0.29, 0.717) is 44.5 Å². The number of halogens is 12. The Kier molecular flexibility index (Phi) is 6.09. The van der Waals surface area contributed by atoms with Crippen LogP contribution in [0.2, 0.25) is 0 Å². The van der Waals surface area contributed by atoms with Crippen LogP contribution in [-0.4, -0.2) is 18.8 Å². The van der Waals surface area contributed by atoms with Gasteiger partial charge in [0.2, 0.25) is 0 Å². The van der Waals surface area contributed by atoms with Gasteiger partial charge in [0.05, 0.1) is 33.3 Å². The zero-order valence-corrected chi connectivity index (χ0v) is 28.1. The average molecular weight is 809 g/mol. The highest BCUT2D eigenvalue weighted by Crippen LogP contribution is 2.48. The molecule has 6 nitrogen and oxygen atoms in total. The summed E-state index contributed by atoms with van der Waals surface area (Å²) in [4.78, 5) is 36.5. The molecule has 4 aromatic heterocycles. The molecule has 58 heavy (non-hydrogen) atoms. The summed E-state index contributed by atoms with van der Waals surface area (Å²) in [6.45, 7) is 0. The van der Waals surface area contributed by atoms with Crippen LogP contribution in [0.3, 0.4) is 0 Å². The van der Waals surface area contributed by atoms with Gasteiger partial charge < -0.3 is 0 Å². The van der Waals surface area contributed by atoms with Crippen LogP contribution in [-0.2, 0) is 24.7 Å². The minimum absolute atomic E-state index is 0.0509. The molecule has 0 unspecified atom stereocenters. The highest BCUT2D eigenvalue weighted by Gasteiger charge is 2.41. The molecule has 0 saturated carbocycles. The fourth-order valence-corrected chi connectivity index (χ4v) is 8.75. The van der Waals surface area contributed by atoms with Crippen LogP contribution in [0.5, 0.6) is 0 Å². The van der Waals surface area contributed by atoms with E-state index in [1.165, 1.54) is 36.4 Å². The van der Waals surface area contributed by atoms with Crippen LogP contribution in [0, 0.1) is 0 Å². The van der Waals surface area contributed by atoms with Gasteiger partial charge in [0, 0.05) is 32.3 Å². The summed E-state index contributed by atoms with van der Waals surface area (Å²) >= 11 is 0. The molecule has 0 aliphatic rings. The Morgan fingerprint density at radius 2 is 0.672 bits per heavy atom. The molecule has 0 amide bonds. The van der Waals surface area contributed by atoms with Gasteiger partial charge in [-0.15, -0.1) is 0 Å². The molecule has 0 aliphatic carbocycles. The van der Waals surface area contributed by atoms with Crippen molar-refractivity contribution in [2.75, 3.05) is 0 Å². The van der Waals surface area contributed by atoms with E-state index in [-0.39, 0.29) is 55.7 Å². The monoisotopic (exact) mass is 808 g/mol. The Labute approximate surface area is 309 Å². The first-order valence-electron chi connectivity index (χ1n) is 16.9. The lowest BCUT2D eigenvalue weighted by atomic mass is 9.86. The average Bonchev–Trinajstić information content (AvgIpc) is 3.73. The van der Waals surface area contributed by atoms with Crippen LogP contribution in [0.15, 0.2) is 82.4 Å². The number of fused-ring (bicyclic) bond motifs is 10. The number of alkyl halides is 12. The summed E-state index contributed by atoms with van der Waals surface area (Å²) in [6, 6.07) is 12.6. The van der Waals surface area contributed by atoms with Crippen LogP contribution in [0.4, 0.5) is 52.7 Å². The summed E-state index contributed by atoms with van der Waals surface area (Å²) in [5.41, 5.74) is -12.3. The predicted octanol–water partition coefficient (Wildman–Crippen LogP) is 11.3. The van der Waals surface area contributed by atoms with E-state index in [1.54, 1.807) is 12.1 Å². The normalized spacial score (nSPS) is 14.0. The van der Waals surface area contributed by atoms with E-state index in [4.69, 9.17) is 0 Å². The van der Waals surface area contributed by atoms with Crippen molar-refractivity contribution < 1.29 is 52.7 Å². The van der Waals surface area contributed by atoms with Crippen molar-refractivity contribution in [3.63, 3.8) is 0 Å². The minimum atomic E-state index is -5.27. The fraction of sp³-hybridized carbons (Fsp3) is 0.100. The van der Waals surface area contributed by atoms with E-state index in [2.05, 4.69) is 9.97 Å². The number of hydrogen-bond donors (Lipinski definition) is 0. The molecular formula is C40H12F12N4O2. The van der Waals surface area contributed by atoms with Gasteiger partial charge in [-0.3, -0.25) is 18.4 Å². The first kappa shape index (κ1) is 34.5. The van der Waals surface area contributed by atoms with Crippen molar-refractivity contribution in [1.82, 2.24) is 18.8 Å². The van der Waals surface area contributed by atoms with Gasteiger partial charge in [0.15, 0.2) is 0 Å². The van der Waals surface area contributed by atoms with Gasteiger partial charge in [0.1, 0.15) is 22.3 Å². The number of imidazole rings is 2. The minimum Gasteiger partial charge on any atom is -0.268 e. The lowest BCUT2D eigenvalue weighted by Crippen LogP contribution is -2.15. The summed E-state index contributed by atoms with van der Waals surface area (Å²) in [7, 11) is 0. The Hall–Kier alpha value is -6.72. The van der Waals surface area contributed by atoms with E-state index in [1.807, 2.05) is 0 Å². The van der Waals surface area contributed by atoms with Crippen molar-refractivity contribution in [2.45, 2.75) is 24.7 Å². The summed E-state index contributed by atoms with van der Waals surface area (Å²) in [5.74, 6) is 0. The zero-order valence-electron chi connectivity index (χ0n) is 28.1. The second kappa shape index (κ2) is 10.2. The molecule has 0 atom stereocenters. The third-order valence-corrected chi connectivity index (χ3v) is 11.0. The highest BCUT2D eigenvalue weighted by molar-refractivity contribution is 6.40. The maximum Gasteiger partial charge on any atom is 0.418 e. The number of aromatic nitrogens is 4. The molecule has 0 bridgehead atoms. The topological polar surface area (TPSA) is 68.7 Å². The van der Waals surface area contributed by atoms with Gasteiger partial charge in [0.25, 0.3) is 11.1 Å². The maximum atomic E-state index is 14.2. The molecule has 4 heterocycles. The molecule has 0 fully saturated rings. The van der Waals surface area contributed by atoms with Gasteiger partial charge >= 0.3 is 24.7 Å². The van der Waals surface area contributed by atoms with Gasteiger partial charge in [-0.05, 0) is 80.8 Å². The van der Waals surface area contributed by atoms with E-state index < -0.39 is 80.1 Å². The molecule has 11 aromatic rings. The Morgan fingerprint density at radius 3 is 0.983 bits per heavy atom. The lowest BCUT2D eigenvalue weighted by Gasteiger charge is -2.18. The molecule has 0 N–H and O–H groups in total. The Balaban J connectivity index is 1.28. The second-order valence-electron chi connectivity index (χ2n) is 14.1. The summed E-state index contributed by atoms with van der Waals surface area (Å²) < 4.78 is 170. The van der Waals surface area contributed by atoms with Gasteiger partial charge in [-0.25, -0.2) is 9.97 Å². The molecule has 0 aliphatic heterocycles. The number of hydrogen-bond acceptors (Lipinski definition) is 4. The number of pyridine rings is 2. The van der Waals surface area contributed by atoms with Gasteiger partial charge in [-0.1, -0.05) is 24.3 Å². The van der Waals surface area contributed by atoms with Crippen LogP contribution >= 0.6 is 0 Å². The zero-order chi connectivity index (χ0) is 40.9. The Morgan fingerprint density at radius 1 is 0.379 bits per heavy atom.